The van der Waals surface area contributed by atoms with E-state index in [1.807, 2.05) is 6.08 Å². The maximum Gasteiger partial charge on any atom is 0.0670 e. The number of hydrogen-bond donors (Lipinski definition) is 1. The highest BCUT2D eigenvalue weighted by molar-refractivity contribution is 4.79. The molecule has 0 spiro atoms. The summed E-state index contributed by atoms with van der Waals surface area (Å²) >= 11 is 0. The fraction of sp³-hybridized carbons (Fsp3) is 0.846. The molecule has 0 saturated carbocycles. The first-order valence-corrected chi connectivity index (χ1v) is 6.16. The van der Waals surface area contributed by atoms with Crippen LogP contribution in [0.1, 0.15) is 39.5 Å². The molecule has 1 aliphatic heterocycles. The lowest BCUT2D eigenvalue weighted by Crippen LogP contribution is -2.44. The summed E-state index contributed by atoms with van der Waals surface area (Å²) in [6, 6.07) is 0.639. The van der Waals surface area contributed by atoms with Gasteiger partial charge in [0.25, 0.3) is 0 Å². The van der Waals surface area contributed by atoms with Gasteiger partial charge in [0.15, 0.2) is 0 Å². The number of rotatable bonds is 5. The van der Waals surface area contributed by atoms with Crippen LogP contribution in [-0.2, 0) is 0 Å². The molecule has 3 atom stereocenters. The summed E-state index contributed by atoms with van der Waals surface area (Å²) in [7, 11) is 0. The van der Waals surface area contributed by atoms with Gasteiger partial charge >= 0.3 is 0 Å². The van der Waals surface area contributed by atoms with Crippen LogP contribution in [0, 0.1) is 5.92 Å². The van der Waals surface area contributed by atoms with E-state index in [1.165, 1.54) is 12.8 Å². The Morgan fingerprint density at radius 2 is 2.20 bits per heavy atom. The van der Waals surface area contributed by atoms with Crippen LogP contribution in [0.2, 0.25) is 0 Å². The van der Waals surface area contributed by atoms with E-state index < -0.39 is 0 Å². The normalized spacial score (nSPS) is 30.1. The van der Waals surface area contributed by atoms with Crippen LogP contribution < -0.4 is 0 Å². The maximum atomic E-state index is 9.85. The van der Waals surface area contributed by atoms with E-state index >= 15 is 0 Å². The molecule has 1 saturated heterocycles. The molecule has 0 aromatic rings. The molecular weight excluding hydrogens is 186 g/mol. The van der Waals surface area contributed by atoms with Crippen LogP contribution in [0.5, 0.6) is 0 Å². The number of hydrogen-bond acceptors (Lipinski definition) is 2. The van der Waals surface area contributed by atoms with E-state index in [9.17, 15) is 5.11 Å². The Kier molecular flexibility index (Phi) is 5.34. The van der Waals surface area contributed by atoms with E-state index in [2.05, 4.69) is 25.3 Å². The molecule has 88 valence electrons. The highest BCUT2D eigenvalue weighted by Crippen LogP contribution is 2.21. The Bertz CT molecular complexity index is 193. The fourth-order valence-electron chi connectivity index (χ4n) is 2.31. The van der Waals surface area contributed by atoms with Crippen molar-refractivity contribution in [3.8, 4) is 0 Å². The molecule has 0 amide bonds. The minimum Gasteiger partial charge on any atom is -0.392 e. The molecule has 0 aromatic heterocycles. The number of aliphatic hydroxyl groups excluding tert-OH is 1. The number of likely N-dealkylation sites (tertiary alicyclic amines) is 1. The van der Waals surface area contributed by atoms with Gasteiger partial charge in [-0.15, -0.1) is 6.58 Å². The molecule has 1 rings (SSSR count). The molecule has 1 heterocycles. The van der Waals surface area contributed by atoms with Crippen molar-refractivity contribution in [1.29, 1.82) is 0 Å². The molecule has 0 bridgehead atoms. The predicted molar refractivity (Wildman–Crippen MR) is 64.9 cm³/mol. The largest absolute Gasteiger partial charge is 0.392 e. The first kappa shape index (κ1) is 12.7. The van der Waals surface area contributed by atoms with Gasteiger partial charge in [0.2, 0.25) is 0 Å². The zero-order valence-corrected chi connectivity index (χ0v) is 10.2. The monoisotopic (exact) mass is 211 g/mol. The van der Waals surface area contributed by atoms with Crippen molar-refractivity contribution in [3.05, 3.63) is 12.7 Å². The lowest BCUT2D eigenvalue weighted by atomic mass is 9.94. The average molecular weight is 211 g/mol. The van der Waals surface area contributed by atoms with Gasteiger partial charge < -0.3 is 5.11 Å². The second-order valence-electron chi connectivity index (χ2n) is 5.01. The average Bonchev–Trinajstić information content (AvgIpc) is 2.20. The molecule has 0 radical (unpaired) electrons. The Balaban J connectivity index is 2.31. The van der Waals surface area contributed by atoms with E-state index in [1.54, 1.807) is 0 Å². The zero-order chi connectivity index (χ0) is 11.3. The van der Waals surface area contributed by atoms with Gasteiger partial charge in [0, 0.05) is 19.1 Å². The Morgan fingerprint density at radius 3 is 2.87 bits per heavy atom. The van der Waals surface area contributed by atoms with Crippen molar-refractivity contribution in [2.45, 2.75) is 51.7 Å². The van der Waals surface area contributed by atoms with Crippen molar-refractivity contribution in [3.63, 3.8) is 0 Å². The van der Waals surface area contributed by atoms with Crippen molar-refractivity contribution < 1.29 is 5.11 Å². The maximum absolute atomic E-state index is 9.85. The van der Waals surface area contributed by atoms with E-state index in [0.29, 0.717) is 6.04 Å². The highest BCUT2D eigenvalue weighted by atomic mass is 16.3. The summed E-state index contributed by atoms with van der Waals surface area (Å²) in [5.74, 6) is 0.785. The smallest absolute Gasteiger partial charge is 0.0670 e. The number of β-amino-alcohol motifs (C(OH)–C–C–N with tert-alkyl or cyclic N) is 1. The highest BCUT2D eigenvalue weighted by Gasteiger charge is 2.24. The molecule has 1 aliphatic rings. The van der Waals surface area contributed by atoms with Gasteiger partial charge in [-0.2, -0.15) is 0 Å². The van der Waals surface area contributed by atoms with Crippen LogP contribution in [0.25, 0.3) is 0 Å². The van der Waals surface area contributed by atoms with Crippen LogP contribution in [-0.4, -0.2) is 35.2 Å². The standard InChI is InChI=1S/C13H25NO/c1-4-5-6-13(15)10-14-9-11(2)7-8-12(14)3/h4,11-13,15H,1,5-10H2,2-3H3. The van der Waals surface area contributed by atoms with Crippen molar-refractivity contribution in [1.82, 2.24) is 4.90 Å². The molecule has 3 unspecified atom stereocenters. The number of piperidine rings is 1. The zero-order valence-electron chi connectivity index (χ0n) is 10.2. The topological polar surface area (TPSA) is 23.5 Å². The van der Waals surface area contributed by atoms with Gasteiger partial charge in [-0.25, -0.2) is 0 Å². The molecule has 2 heteroatoms. The summed E-state index contributed by atoms with van der Waals surface area (Å²) < 4.78 is 0. The second-order valence-corrected chi connectivity index (χ2v) is 5.01. The second kappa shape index (κ2) is 6.29. The van der Waals surface area contributed by atoms with Crippen LogP contribution in [0.15, 0.2) is 12.7 Å². The molecule has 0 aliphatic carbocycles. The lowest BCUT2D eigenvalue weighted by molar-refractivity contribution is 0.0538. The minimum absolute atomic E-state index is 0.184. The fourth-order valence-corrected chi connectivity index (χ4v) is 2.31. The number of nitrogens with zero attached hydrogens (tertiary/aromatic N) is 1. The number of allylic oxidation sites excluding steroid dienone is 1. The first-order chi connectivity index (χ1) is 7.13. The summed E-state index contributed by atoms with van der Waals surface area (Å²) in [6.45, 7) is 10.2. The van der Waals surface area contributed by atoms with Gasteiger partial charge in [0.1, 0.15) is 0 Å². The molecule has 0 aromatic carbocycles. The Morgan fingerprint density at radius 1 is 1.47 bits per heavy atom. The first-order valence-electron chi connectivity index (χ1n) is 6.16. The van der Waals surface area contributed by atoms with Crippen LogP contribution in [0.4, 0.5) is 0 Å². The molecular formula is C13H25NO. The van der Waals surface area contributed by atoms with Gasteiger partial charge in [-0.1, -0.05) is 13.0 Å². The minimum atomic E-state index is -0.184. The SMILES string of the molecule is C=CCCC(O)CN1CC(C)CCC1C. The molecule has 1 N–H and O–H groups in total. The van der Waals surface area contributed by atoms with Crippen LogP contribution >= 0.6 is 0 Å². The third-order valence-corrected chi connectivity index (χ3v) is 3.40. The summed E-state index contributed by atoms with van der Waals surface area (Å²) in [5, 5.41) is 9.85. The van der Waals surface area contributed by atoms with E-state index in [-0.39, 0.29) is 6.10 Å². The lowest BCUT2D eigenvalue weighted by Gasteiger charge is -2.37. The summed E-state index contributed by atoms with van der Waals surface area (Å²) in [5.41, 5.74) is 0. The molecule has 1 fully saturated rings. The van der Waals surface area contributed by atoms with Crippen molar-refractivity contribution in [2.75, 3.05) is 13.1 Å². The van der Waals surface area contributed by atoms with Crippen molar-refractivity contribution in [2.24, 2.45) is 5.92 Å². The van der Waals surface area contributed by atoms with Crippen molar-refractivity contribution >= 4 is 0 Å². The quantitative estimate of drug-likeness (QED) is 0.706. The van der Waals surface area contributed by atoms with E-state index in [4.69, 9.17) is 0 Å². The Hall–Kier alpha value is -0.340. The van der Waals surface area contributed by atoms with Gasteiger partial charge in [-0.05, 0) is 38.5 Å². The Labute approximate surface area is 94.0 Å². The predicted octanol–water partition coefficient (Wildman–Crippen LogP) is 2.43. The third kappa shape index (κ3) is 4.35. The third-order valence-electron chi connectivity index (χ3n) is 3.40. The number of aliphatic hydroxyl groups is 1. The van der Waals surface area contributed by atoms with Crippen LogP contribution in [0.3, 0.4) is 0 Å². The van der Waals surface area contributed by atoms with E-state index in [0.717, 1.165) is 31.8 Å². The molecule has 2 nitrogen and oxygen atoms in total. The van der Waals surface area contributed by atoms with Gasteiger partial charge in [-0.3, -0.25) is 4.90 Å². The molecule has 15 heavy (non-hydrogen) atoms. The summed E-state index contributed by atoms with van der Waals surface area (Å²) in [6.07, 6.45) is 6.07. The summed E-state index contributed by atoms with van der Waals surface area (Å²) in [4.78, 5) is 2.43. The van der Waals surface area contributed by atoms with Gasteiger partial charge in [0.05, 0.1) is 6.10 Å².